The molecule has 3 aliphatic rings. The summed E-state index contributed by atoms with van der Waals surface area (Å²) < 4.78 is 35.6. The predicted molar refractivity (Wildman–Crippen MR) is 109 cm³/mol. The first kappa shape index (κ1) is 17.7. The van der Waals surface area contributed by atoms with Crippen molar-refractivity contribution in [2.75, 3.05) is 5.32 Å². The third-order valence-electron chi connectivity index (χ3n) is 6.58. The van der Waals surface area contributed by atoms with Gasteiger partial charge in [-0.1, -0.05) is 12.5 Å². The number of anilines is 1. The molecule has 0 radical (unpaired) electrons. The largest absolute Gasteiger partial charge is 0.586 e. The highest BCUT2D eigenvalue weighted by Crippen LogP contribution is 2.52. The summed E-state index contributed by atoms with van der Waals surface area (Å²) in [4.78, 5) is 16.6. The Morgan fingerprint density at radius 3 is 2.60 bits per heavy atom. The molecule has 0 unspecified atom stereocenters. The van der Waals surface area contributed by atoms with Crippen LogP contribution in [0.5, 0.6) is 11.5 Å². The molecule has 30 heavy (non-hydrogen) atoms. The maximum absolute atomic E-state index is 13.3. The molecule has 5 nitrogen and oxygen atoms in total. The molecule has 1 aromatic heterocycles. The van der Waals surface area contributed by atoms with Crippen molar-refractivity contribution in [2.45, 2.75) is 49.7 Å². The first-order chi connectivity index (χ1) is 14.4. The molecule has 2 heterocycles. The zero-order valence-corrected chi connectivity index (χ0v) is 16.1. The molecule has 6 rings (SSSR count). The van der Waals surface area contributed by atoms with Gasteiger partial charge in [0.15, 0.2) is 11.5 Å². The van der Waals surface area contributed by atoms with E-state index in [-0.39, 0.29) is 18.8 Å². The second kappa shape index (κ2) is 5.97. The molecule has 2 N–H and O–H groups in total. The van der Waals surface area contributed by atoms with Gasteiger partial charge in [-0.2, -0.15) is 0 Å². The fourth-order valence-electron chi connectivity index (χ4n) is 4.44. The minimum Gasteiger partial charge on any atom is -0.395 e. The molecule has 2 fully saturated rings. The standard InChI is InChI=1S/C23H20F2N2O3.H2/c24-23(25)29-19-7-4-15(12-20(19)30-23)22(8-9-22)21(28)26-16-5-6-17-14(10-16)11-18(27-17)13-2-1-3-13;/h4-7,10-13,27H,1-3,8-9H2,(H,26,28);1H. The smallest absolute Gasteiger partial charge is 0.395 e. The second-order valence-electron chi connectivity index (χ2n) is 8.52. The first-order valence-electron chi connectivity index (χ1n) is 10.3. The predicted octanol–water partition coefficient (Wildman–Crippen LogP) is 5.67. The Morgan fingerprint density at radius 1 is 1.07 bits per heavy atom. The van der Waals surface area contributed by atoms with Crippen LogP contribution in [0.25, 0.3) is 10.9 Å². The van der Waals surface area contributed by atoms with Crippen LogP contribution in [0.1, 0.15) is 50.7 Å². The molecule has 1 amide bonds. The molecule has 0 bridgehead atoms. The van der Waals surface area contributed by atoms with Crippen LogP contribution in [0.3, 0.4) is 0 Å². The van der Waals surface area contributed by atoms with E-state index >= 15 is 0 Å². The molecular weight excluding hydrogens is 390 g/mol. The van der Waals surface area contributed by atoms with Gasteiger partial charge in [0, 0.05) is 23.7 Å². The average molecular weight is 412 g/mol. The minimum atomic E-state index is -3.66. The number of aromatic amines is 1. The van der Waals surface area contributed by atoms with Crippen molar-refractivity contribution in [2.24, 2.45) is 0 Å². The van der Waals surface area contributed by atoms with Crippen LogP contribution < -0.4 is 14.8 Å². The quantitative estimate of drug-likeness (QED) is 0.580. The van der Waals surface area contributed by atoms with Gasteiger partial charge < -0.3 is 19.8 Å². The Kier molecular flexibility index (Phi) is 3.53. The summed E-state index contributed by atoms with van der Waals surface area (Å²) in [6.07, 6.45) is 1.38. The van der Waals surface area contributed by atoms with E-state index in [0.29, 0.717) is 24.3 Å². The van der Waals surface area contributed by atoms with Crippen LogP contribution in [0, 0.1) is 0 Å². The highest BCUT2D eigenvalue weighted by molar-refractivity contribution is 6.02. The summed E-state index contributed by atoms with van der Waals surface area (Å²) in [7, 11) is 0. The van der Waals surface area contributed by atoms with E-state index in [4.69, 9.17) is 0 Å². The van der Waals surface area contributed by atoms with Crippen molar-refractivity contribution in [3.8, 4) is 11.5 Å². The number of rotatable bonds is 4. The Hall–Kier alpha value is -3.09. The van der Waals surface area contributed by atoms with Gasteiger partial charge in [0.05, 0.1) is 5.41 Å². The van der Waals surface area contributed by atoms with E-state index in [1.807, 2.05) is 18.2 Å². The van der Waals surface area contributed by atoms with Crippen LogP contribution in [-0.4, -0.2) is 17.2 Å². The van der Waals surface area contributed by atoms with Gasteiger partial charge in [-0.05, 0) is 73.6 Å². The number of hydrogen-bond donors (Lipinski definition) is 2. The van der Waals surface area contributed by atoms with Gasteiger partial charge in [-0.25, -0.2) is 0 Å². The number of halogens is 2. The number of benzene rings is 2. The number of nitrogens with one attached hydrogen (secondary N) is 2. The third kappa shape index (κ3) is 2.75. The van der Waals surface area contributed by atoms with Crippen molar-refractivity contribution in [1.82, 2.24) is 4.98 Å². The highest BCUT2D eigenvalue weighted by atomic mass is 19.3. The molecule has 2 aromatic carbocycles. The van der Waals surface area contributed by atoms with Crippen molar-refractivity contribution < 1.29 is 24.5 Å². The van der Waals surface area contributed by atoms with Crippen LogP contribution >= 0.6 is 0 Å². The SMILES string of the molecule is O=C(Nc1ccc2[nH]c(C3CCC3)cc2c1)C1(c2ccc3c(c2)OC(F)(F)O3)CC1.[HH]. The summed E-state index contributed by atoms with van der Waals surface area (Å²) in [6, 6.07) is 12.6. The van der Waals surface area contributed by atoms with E-state index in [0.717, 1.165) is 16.6 Å². The van der Waals surface area contributed by atoms with E-state index in [1.54, 1.807) is 6.07 Å². The van der Waals surface area contributed by atoms with Crippen LogP contribution in [0.2, 0.25) is 0 Å². The molecule has 7 heteroatoms. The normalized spacial score (nSPS) is 20.7. The molecule has 0 spiro atoms. The molecule has 2 aliphatic carbocycles. The lowest BCUT2D eigenvalue weighted by atomic mass is 9.83. The Balaban J connectivity index is 0.00000204. The number of carbonyl (C=O) groups excluding carboxylic acids is 1. The average Bonchev–Trinajstić information content (AvgIpc) is 3.27. The molecule has 156 valence electrons. The number of alkyl halides is 2. The van der Waals surface area contributed by atoms with E-state index in [2.05, 4.69) is 25.8 Å². The molecule has 1 aliphatic heterocycles. The number of aromatic nitrogens is 1. The summed E-state index contributed by atoms with van der Waals surface area (Å²) in [5.74, 6) is 0.430. The molecule has 0 saturated heterocycles. The van der Waals surface area contributed by atoms with Crippen molar-refractivity contribution in [3.05, 3.63) is 53.7 Å². The molecule has 0 atom stereocenters. The molecular formula is C23H22F2N2O3. The number of ether oxygens (including phenoxy) is 2. The van der Waals surface area contributed by atoms with E-state index in [9.17, 15) is 13.6 Å². The van der Waals surface area contributed by atoms with Gasteiger partial charge in [-0.3, -0.25) is 4.79 Å². The van der Waals surface area contributed by atoms with Crippen molar-refractivity contribution in [3.63, 3.8) is 0 Å². The maximum Gasteiger partial charge on any atom is 0.586 e. The van der Waals surface area contributed by atoms with Crippen LogP contribution in [0.15, 0.2) is 42.5 Å². The van der Waals surface area contributed by atoms with Gasteiger partial charge in [0.2, 0.25) is 5.91 Å². The van der Waals surface area contributed by atoms with Gasteiger partial charge in [-0.15, -0.1) is 8.78 Å². The van der Waals surface area contributed by atoms with Crippen molar-refractivity contribution in [1.29, 1.82) is 0 Å². The van der Waals surface area contributed by atoms with Crippen LogP contribution in [0.4, 0.5) is 14.5 Å². The van der Waals surface area contributed by atoms with E-state index < -0.39 is 11.7 Å². The fraction of sp³-hybridized carbons (Fsp3) is 0.348. The number of hydrogen-bond acceptors (Lipinski definition) is 3. The number of H-pyrrole nitrogens is 1. The third-order valence-corrected chi connectivity index (χ3v) is 6.58. The fourth-order valence-corrected chi connectivity index (χ4v) is 4.44. The molecule has 2 saturated carbocycles. The van der Waals surface area contributed by atoms with Gasteiger partial charge in [0.25, 0.3) is 0 Å². The summed E-state index contributed by atoms with van der Waals surface area (Å²) >= 11 is 0. The monoisotopic (exact) mass is 412 g/mol. The Bertz CT molecular complexity index is 1180. The number of amides is 1. The summed E-state index contributed by atoms with van der Waals surface area (Å²) in [6.45, 7) is 0. The minimum absolute atomic E-state index is 0. The zero-order valence-electron chi connectivity index (χ0n) is 16.1. The number of carbonyl (C=O) groups is 1. The van der Waals surface area contributed by atoms with E-state index in [1.165, 1.54) is 37.1 Å². The topological polar surface area (TPSA) is 63.4 Å². The summed E-state index contributed by atoms with van der Waals surface area (Å²) in [5, 5.41) is 4.09. The van der Waals surface area contributed by atoms with Crippen molar-refractivity contribution >= 4 is 22.5 Å². The lowest BCUT2D eigenvalue weighted by molar-refractivity contribution is -0.286. The first-order valence-corrected chi connectivity index (χ1v) is 10.3. The Labute approximate surface area is 172 Å². The van der Waals surface area contributed by atoms with Crippen LogP contribution in [-0.2, 0) is 10.2 Å². The summed E-state index contributed by atoms with van der Waals surface area (Å²) in [5.41, 5.74) is 2.99. The van der Waals surface area contributed by atoms with Gasteiger partial charge >= 0.3 is 6.29 Å². The van der Waals surface area contributed by atoms with Gasteiger partial charge in [0.1, 0.15) is 0 Å². The number of fused-ring (bicyclic) bond motifs is 2. The lowest BCUT2D eigenvalue weighted by Gasteiger charge is -2.23. The Morgan fingerprint density at radius 2 is 1.87 bits per heavy atom. The highest BCUT2D eigenvalue weighted by Gasteiger charge is 2.52. The maximum atomic E-state index is 13.3. The second-order valence-corrected chi connectivity index (χ2v) is 8.52. The molecule has 3 aromatic rings. The zero-order chi connectivity index (χ0) is 20.5. The lowest BCUT2D eigenvalue weighted by Crippen LogP contribution is -2.27.